The van der Waals surface area contributed by atoms with Crippen molar-refractivity contribution in [1.82, 2.24) is 9.80 Å². The summed E-state index contributed by atoms with van der Waals surface area (Å²) in [5.41, 5.74) is 5.62. The first-order valence-electron chi connectivity index (χ1n) is 6.50. The molecule has 1 unspecified atom stereocenters. The summed E-state index contributed by atoms with van der Waals surface area (Å²) in [5, 5.41) is 0. The molecule has 1 aliphatic rings. The summed E-state index contributed by atoms with van der Waals surface area (Å²) in [6.45, 7) is 2.18. The molecule has 0 spiro atoms. The molecule has 0 radical (unpaired) electrons. The van der Waals surface area contributed by atoms with Crippen molar-refractivity contribution in [3.63, 3.8) is 0 Å². The summed E-state index contributed by atoms with van der Waals surface area (Å²) in [7, 11) is 1.66. The van der Waals surface area contributed by atoms with Crippen molar-refractivity contribution < 1.29 is 9.59 Å². The molecule has 110 valence electrons. The lowest BCUT2D eigenvalue weighted by Crippen LogP contribution is -2.40. The molecule has 1 aromatic heterocycles. The maximum Gasteiger partial charge on any atom is 0.264 e. The number of nitrogens with zero attached hydrogens (tertiary/aromatic N) is 2. The zero-order valence-electron chi connectivity index (χ0n) is 11.3. The van der Waals surface area contributed by atoms with Crippen LogP contribution in [0, 0.1) is 5.92 Å². The van der Waals surface area contributed by atoms with Crippen LogP contribution in [0.15, 0.2) is 15.9 Å². The number of carbonyl (C=O) groups excluding carboxylic acids is 2. The van der Waals surface area contributed by atoms with E-state index in [1.807, 2.05) is 6.07 Å². The van der Waals surface area contributed by atoms with Crippen molar-refractivity contribution in [1.29, 1.82) is 0 Å². The van der Waals surface area contributed by atoms with Crippen LogP contribution in [0.3, 0.4) is 0 Å². The van der Waals surface area contributed by atoms with Gasteiger partial charge >= 0.3 is 0 Å². The number of likely N-dealkylation sites (tertiary alicyclic amines) is 1. The highest BCUT2D eigenvalue weighted by molar-refractivity contribution is 9.11. The molecular weight excluding hydrogens is 342 g/mol. The minimum Gasteiger partial charge on any atom is -0.341 e. The van der Waals surface area contributed by atoms with E-state index in [1.165, 1.54) is 16.2 Å². The van der Waals surface area contributed by atoms with E-state index in [-0.39, 0.29) is 18.4 Å². The van der Waals surface area contributed by atoms with Crippen LogP contribution in [0.1, 0.15) is 16.1 Å². The summed E-state index contributed by atoms with van der Waals surface area (Å²) in [4.78, 5) is 28.2. The van der Waals surface area contributed by atoms with Crippen molar-refractivity contribution in [3.05, 3.63) is 20.8 Å². The van der Waals surface area contributed by atoms with Gasteiger partial charge in [-0.3, -0.25) is 9.59 Å². The summed E-state index contributed by atoms with van der Waals surface area (Å²) >= 11 is 4.70. The normalized spacial score (nSPS) is 18.4. The minimum atomic E-state index is -0.122. The number of rotatable bonds is 4. The molecule has 1 aromatic rings. The van der Waals surface area contributed by atoms with Crippen LogP contribution in [0.4, 0.5) is 0 Å². The van der Waals surface area contributed by atoms with Crippen LogP contribution >= 0.6 is 27.3 Å². The van der Waals surface area contributed by atoms with Crippen molar-refractivity contribution in [2.75, 3.05) is 33.2 Å². The molecule has 2 rings (SSSR count). The average molecular weight is 360 g/mol. The van der Waals surface area contributed by atoms with Gasteiger partial charge in [-0.05, 0) is 46.9 Å². The topological polar surface area (TPSA) is 66.6 Å². The second-order valence-corrected chi connectivity index (χ2v) is 7.46. The van der Waals surface area contributed by atoms with E-state index >= 15 is 0 Å². The lowest BCUT2D eigenvalue weighted by molar-refractivity contribution is -0.130. The van der Waals surface area contributed by atoms with Crippen molar-refractivity contribution in [2.45, 2.75) is 6.42 Å². The molecule has 0 aromatic carbocycles. The third kappa shape index (κ3) is 3.59. The standard InChI is InChI=1S/C13H18BrN3O2S/c1-16(13(19)10-2-3-11(14)20-10)8-12(18)17-5-4-9(6-15)7-17/h2-3,9H,4-8,15H2,1H3. The number of likely N-dealkylation sites (N-methyl/N-ethyl adjacent to an activating group) is 1. The van der Waals surface area contributed by atoms with E-state index in [1.54, 1.807) is 18.0 Å². The number of carbonyl (C=O) groups is 2. The van der Waals surface area contributed by atoms with Gasteiger partial charge in [0.15, 0.2) is 0 Å². The maximum atomic E-state index is 12.2. The molecular formula is C13H18BrN3O2S. The Balaban J connectivity index is 1.89. The van der Waals surface area contributed by atoms with Crippen molar-refractivity contribution >= 4 is 39.1 Å². The van der Waals surface area contributed by atoms with Crippen LogP contribution < -0.4 is 5.73 Å². The van der Waals surface area contributed by atoms with Crippen molar-refractivity contribution in [2.24, 2.45) is 11.7 Å². The smallest absolute Gasteiger partial charge is 0.264 e. The number of hydrogen-bond acceptors (Lipinski definition) is 4. The lowest BCUT2D eigenvalue weighted by atomic mass is 10.1. The van der Waals surface area contributed by atoms with Gasteiger partial charge in [0.05, 0.1) is 15.2 Å². The Labute approximate surface area is 130 Å². The number of nitrogens with two attached hydrogens (primary N) is 1. The Hall–Kier alpha value is -0.920. The summed E-state index contributed by atoms with van der Waals surface area (Å²) in [5.74, 6) is 0.268. The molecule has 0 aliphatic carbocycles. The Morgan fingerprint density at radius 1 is 1.55 bits per heavy atom. The second kappa shape index (κ2) is 6.69. The van der Waals surface area contributed by atoms with Gasteiger partial charge in [-0.25, -0.2) is 0 Å². The van der Waals surface area contributed by atoms with E-state index in [4.69, 9.17) is 5.73 Å². The first-order chi connectivity index (χ1) is 9.51. The number of thiophene rings is 1. The largest absolute Gasteiger partial charge is 0.341 e. The lowest BCUT2D eigenvalue weighted by Gasteiger charge is -2.21. The zero-order chi connectivity index (χ0) is 14.7. The fourth-order valence-electron chi connectivity index (χ4n) is 2.24. The van der Waals surface area contributed by atoms with Gasteiger partial charge in [0.2, 0.25) is 5.91 Å². The highest BCUT2D eigenvalue weighted by atomic mass is 79.9. The predicted octanol–water partition coefficient (Wildman–Crippen LogP) is 1.39. The van der Waals surface area contributed by atoms with E-state index in [9.17, 15) is 9.59 Å². The van der Waals surface area contributed by atoms with E-state index < -0.39 is 0 Å². The maximum absolute atomic E-state index is 12.2. The molecule has 1 fully saturated rings. The summed E-state index contributed by atoms with van der Waals surface area (Å²) in [6, 6.07) is 3.60. The van der Waals surface area contributed by atoms with Gasteiger partial charge in [0.25, 0.3) is 5.91 Å². The fourth-order valence-corrected chi connectivity index (χ4v) is 3.62. The van der Waals surface area contributed by atoms with E-state index in [0.717, 1.165) is 16.8 Å². The quantitative estimate of drug-likeness (QED) is 0.883. The Morgan fingerprint density at radius 3 is 2.85 bits per heavy atom. The number of amides is 2. The first kappa shape index (κ1) is 15.5. The molecule has 1 saturated heterocycles. The molecule has 2 heterocycles. The summed E-state index contributed by atoms with van der Waals surface area (Å²) in [6.07, 6.45) is 0.956. The van der Waals surface area contributed by atoms with Crippen LogP contribution in [0.2, 0.25) is 0 Å². The van der Waals surface area contributed by atoms with Gasteiger partial charge in [-0.1, -0.05) is 0 Å². The third-order valence-electron chi connectivity index (χ3n) is 3.48. The Morgan fingerprint density at radius 2 is 2.30 bits per heavy atom. The summed E-state index contributed by atoms with van der Waals surface area (Å²) < 4.78 is 0.908. The molecule has 2 N–H and O–H groups in total. The van der Waals surface area contributed by atoms with Crippen LogP contribution in [-0.4, -0.2) is 54.8 Å². The number of hydrogen-bond donors (Lipinski definition) is 1. The van der Waals surface area contributed by atoms with E-state index in [2.05, 4.69) is 15.9 Å². The molecule has 2 amide bonds. The second-order valence-electron chi connectivity index (χ2n) is 5.00. The van der Waals surface area contributed by atoms with Gasteiger partial charge in [-0.2, -0.15) is 0 Å². The van der Waals surface area contributed by atoms with Crippen LogP contribution in [0.5, 0.6) is 0 Å². The monoisotopic (exact) mass is 359 g/mol. The predicted molar refractivity (Wildman–Crippen MR) is 82.7 cm³/mol. The Bertz CT molecular complexity index is 506. The Kier molecular flexibility index (Phi) is 5.17. The van der Waals surface area contributed by atoms with E-state index in [0.29, 0.717) is 23.9 Å². The minimum absolute atomic E-state index is 0.00702. The third-order valence-corrected chi connectivity index (χ3v) is 5.09. The van der Waals surface area contributed by atoms with Crippen LogP contribution in [-0.2, 0) is 4.79 Å². The van der Waals surface area contributed by atoms with Gasteiger partial charge in [0, 0.05) is 20.1 Å². The zero-order valence-corrected chi connectivity index (χ0v) is 13.7. The number of halogens is 1. The van der Waals surface area contributed by atoms with Crippen LogP contribution in [0.25, 0.3) is 0 Å². The molecule has 7 heteroatoms. The first-order valence-corrected chi connectivity index (χ1v) is 8.11. The molecule has 5 nitrogen and oxygen atoms in total. The molecule has 0 bridgehead atoms. The molecule has 0 saturated carbocycles. The van der Waals surface area contributed by atoms with Gasteiger partial charge in [0.1, 0.15) is 0 Å². The van der Waals surface area contributed by atoms with Crippen molar-refractivity contribution in [3.8, 4) is 0 Å². The molecule has 20 heavy (non-hydrogen) atoms. The van der Waals surface area contributed by atoms with Gasteiger partial charge < -0.3 is 15.5 Å². The molecule has 1 aliphatic heterocycles. The highest BCUT2D eigenvalue weighted by Gasteiger charge is 2.27. The molecule has 1 atom stereocenters. The average Bonchev–Trinajstić information content (AvgIpc) is 3.06. The highest BCUT2D eigenvalue weighted by Crippen LogP contribution is 2.23. The SMILES string of the molecule is CN(CC(=O)N1CCC(CN)C1)C(=O)c1ccc(Br)s1. The van der Waals surface area contributed by atoms with Gasteiger partial charge in [-0.15, -0.1) is 11.3 Å². The fraction of sp³-hybridized carbons (Fsp3) is 0.538.